The van der Waals surface area contributed by atoms with Crippen molar-refractivity contribution >= 4 is 28.4 Å². The molecule has 8 nitrogen and oxygen atoms in total. The molecule has 0 fully saturated rings. The summed E-state index contributed by atoms with van der Waals surface area (Å²) >= 11 is 0. The van der Waals surface area contributed by atoms with Gasteiger partial charge < -0.3 is 15.8 Å². The van der Waals surface area contributed by atoms with E-state index in [1.807, 2.05) is 13.0 Å². The number of hydrogen-bond donors (Lipinski definition) is 2. The molecule has 0 atom stereocenters. The van der Waals surface area contributed by atoms with Crippen molar-refractivity contribution in [2.75, 3.05) is 26.0 Å². The summed E-state index contributed by atoms with van der Waals surface area (Å²) in [5, 5.41) is 3.00. The fourth-order valence-electron chi connectivity index (χ4n) is 2.96. The summed E-state index contributed by atoms with van der Waals surface area (Å²) in [6.45, 7) is 6.47. The molecule has 3 heterocycles. The lowest BCUT2D eigenvalue weighted by molar-refractivity contribution is -0.660. The molecule has 140 valence electrons. The number of fused-ring (bicyclic) bond motifs is 2. The number of methoxy groups -OCH3 is 1. The zero-order valence-corrected chi connectivity index (χ0v) is 15.4. The fraction of sp³-hybridized carbons (Fsp3) is 0.263. The van der Waals surface area contributed by atoms with Crippen LogP contribution in [0.1, 0.15) is 15.9 Å². The summed E-state index contributed by atoms with van der Waals surface area (Å²) in [5.41, 5.74) is 8.05. The van der Waals surface area contributed by atoms with E-state index in [0.29, 0.717) is 36.4 Å². The van der Waals surface area contributed by atoms with Crippen LogP contribution >= 0.6 is 0 Å². The smallest absolute Gasteiger partial charge is 0.278 e. The molecule has 0 saturated carbocycles. The molecule has 0 spiro atoms. The highest BCUT2D eigenvalue weighted by molar-refractivity contribution is 6.00. The minimum Gasteiger partial charge on any atom is -0.381 e. The van der Waals surface area contributed by atoms with E-state index in [4.69, 9.17) is 10.5 Å². The maximum atomic E-state index is 13.1. The molecule has 0 bridgehead atoms. The number of anilines is 1. The van der Waals surface area contributed by atoms with Crippen LogP contribution in [0.15, 0.2) is 41.8 Å². The third-order valence-electron chi connectivity index (χ3n) is 4.35. The van der Waals surface area contributed by atoms with Gasteiger partial charge in [0.25, 0.3) is 17.1 Å². The van der Waals surface area contributed by atoms with E-state index in [1.54, 1.807) is 30.0 Å². The Labute approximate surface area is 155 Å². The third kappa shape index (κ3) is 3.26. The molecular weight excluding hydrogens is 346 g/mol. The lowest BCUT2D eigenvalue weighted by Gasteiger charge is -2.12. The van der Waals surface area contributed by atoms with Crippen molar-refractivity contribution in [1.29, 1.82) is 0 Å². The zero-order chi connectivity index (χ0) is 19.6. The van der Waals surface area contributed by atoms with E-state index < -0.39 is 0 Å². The first-order valence-electron chi connectivity index (χ1n) is 8.51. The van der Waals surface area contributed by atoms with Gasteiger partial charge in [-0.25, -0.2) is 4.57 Å². The van der Waals surface area contributed by atoms with Gasteiger partial charge >= 0.3 is 0 Å². The molecule has 0 saturated heterocycles. The Morgan fingerprint density at radius 3 is 3.00 bits per heavy atom. The normalized spacial score (nSPS) is 11.0. The number of nitrogens with zero attached hydrogens (tertiary/aromatic N) is 3. The summed E-state index contributed by atoms with van der Waals surface area (Å²) in [4.78, 5) is 30.2. The summed E-state index contributed by atoms with van der Waals surface area (Å²) < 4.78 is 8.28. The molecule has 3 aromatic heterocycles. The first-order chi connectivity index (χ1) is 13.0. The molecule has 3 rings (SSSR count). The van der Waals surface area contributed by atoms with E-state index in [2.05, 4.69) is 16.9 Å². The quantitative estimate of drug-likeness (QED) is 0.377. The number of ether oxygens (including phenoxy) is 1. The van der Waals surface area contributed by atoms with Gasteiger partial charge in [0.1, 0.15) is 10.9 Å². The highest BCUT2D eigenvalue weighted by Gasteiger charge is 2.24. The van der Waals surface area contributed by atoms with Crippen LogP contribution in [0.5, 0.6) is 0 Å². The number of aryl methyl sites for hydroxylation is 1. The number of nitrogen functional groups attached to an aromatic ring is 1. The van der Waals surface area contributed by atoms with Gasteiger partial charge in [-0.1, -0.05) is 17.1 Å². The molecular formula is C19H22N5O3+. The van der Waals surface area contributed by atoms with Crippen molar-refractivity contribution in [3.8, 4) is 0 Å². The standard InChI is InChI=1S/C19H21N5O3/c1-4-7-21-18(25)13-11-14-17(23(15(13)20)9-10-27-3)22-16-12(2)6-5-8-24(16)19(14)26/h4-6,8,11,20H,1,7,9-10H2,2-3H3,(H,21,25)/p+1. The van der Waals surface area contributed by atoms with Crippen LogP contribution in [0.2, 0.25) is 0 Å². The Balaban J connectivity index is 2.37. The maximum Gasteiger partial charge on any atom is 0.278 e. The number of nitrogens with one attached hydrogen (secondary N) is 1. The summed E-state index contributed by atoms with van der Waals surface area (Å²) in [5.74, 6) is -0.153. The lowest BCUT2D eigenvalue weighted by Crippen LogP contribution is -2.44. The fourth-order valence-corrected chi connectivity index (χ4v) is 2.96. The van der Waals surface area contributed by atoms with Crippen LogP contribution in [-0.2, 0) is 11.3 Å². The van der Waals surface area contributed by atoms with Crippen molar-refractivity contribution < 1.29 is 14.1 Å². The average molecular weight is 368 g/mol. The summed E-state index contributed by atoms with van der Waals surface area (Å²) in [6.07, 6.45) is 3.23. The Morgan fingerprint density at radius 1 is 1.52 bits per heavy atom. The molecule has 0 radical (unpaired) electrons. The van der Waals surface area contributed by atoms with Gasteiger partial charge in [0.2, 0.25) is 11.5 Å². The molecule has 8 heteroatoms. The van der Waals surface area contributed by atoms with Crippen LogP contribution in [-0.4, -0.2) is 35.6 Å². The predicted octanol–water partition coefficient (Wildman–Crippen LogP) is 0.588. The van der Waals surface area contributed by atoms with E-state index in [-0.39, 0.29) is 22.8 Å². The Bertz CT molecular complexity index is 1100. The highest BCUT2D eigenvalue weighted by Crippen LogP contribution is 2.15. The molecule has 1 amide bonds. The van der Waals surface area contributed by atoms with Crippen LogP contribution in [0, 0.1) is 6.92 Å². The van der Waals surface area contributed by atoms with Gasteiger partial charge in [-0.05, 0) is 19.1 Å². The summed E-state index contributed by atoms with van der Waals surface area (Å²) in [7, 11) is 1.57. The number of hydrogen-bond acceptors (Lipinski definition) is 5. The van der Waals surface area contributed by atoms with Crippen molar-refractivity contribution in [2.24, 2.45) is 0 Å². The van der Waals surface area contributed by atoms with Crippen molar-refractivity contribution in [1.82, 2.24) is 14.7 Å². The van der Waals surface area contributed by atoms with Crippen LogP contribution in [0.25, 0.3) is 16.7 Å². The van der Waals surface area contributed by atoms with Gasteiger partial charge in [-0.2, -0.15) is 0 Å². The van der Waals surface area contributed by atoms with Crippen LogP contribution in [0.3, 0.4) is 0 Å². The topological polar surface area (TPSA) is 103 Å². The first-order valence-corrected chi connectivity index (χ1v) is 8.51. The summed E-state index contributed by atoms with van der Waals surface area (Å²) in [6, 6.07) is 5.16. The molecule has 3 aromatic rings. The molecule has 0 unspecified atom stereocenters. The number of amides is 1. The van der Waals surface area contributed by atoms with Gasteiger partial charge in [0.15, 0.2) is 0 Å². The number of pyridine rings is 2. The zero-order valence-electron chi connectivity index (χ0n) is 15.4. The number of carbonyl (C=O) groups is 1. The number of carbonyl (C=O) groups excluding carboxylic acids is 1. The van der Waals surface area contributed by atoms with E-state index >= 15 is 0 Å². The molecule has 0 aliphatic rings. The lowest BCUT2D eigenvalue weighted by atomic mass is 10.1. The maximum absolute atomic E-state index is 13.1. The van der Waals surface area contributed by atoms with Gasteiger partial charge in [-0.3, -0.25) is 14.0 Å². The Kier molecular flexibility index (Phi) is 5.18. The predicted molar refractivity (Wildman–Crippen MR) is 103 cm³/mol. The number of rotatable bonds is 6. The molecule has 27 heavy (non-hydrogen) atoms. The second-order valence-corrected chi connectivity index (χ2v) is 6.13. The molecule has 0 aliphatic heterocycles. The van der Waals surface area contributed by atoms with E-state index in [1.165, 1.54) is 10.5 Å². The second-order valence-electron chi connectivity index (χ2n) is 6.13. The largest absolute Gasteiger partial charge is 0.381 e. The van der Waals surface area contributed by atoms with Gasteiger partial charge in [0.05, 0.1) is 13.2 Å². The molecule has 0 aromatic carbocycles. The second kappa shape index (κ2) is 7.55. The van der Waals surface area contributed by atoms with Crippen molar-refractivity contribution in [3.63, 3.8) is 0 Å². The SMILES string of the molecule is C=CCNC(=O)c1cc2c(=O)n3cccc(C)c3nc2[n+](CCOC)c1N. The third-order valence-corrected chi connectivity index (χ3v) is 4.35. The van der Waals surface area contributed by atoms with Gasteiger partial charge in [-0.15, -0.1) is 6.58 Å². The highest BCUT2D eigenvalue weighted by atomic mass is 16.5. The minimum absolute atomic E-state index is 0.215. The van der Waals surface area contributed by atoms with Crippen molar-refractivity contribution in [3.05, 3.63) is 58.5 Å². The monoisotopic (exact) mass is 368 g/mol. The Morgan fingerprint density at radius 2 is 2.30 bits per heavy atom. The number of nitrogens with two attached hydrogens (primary N) is 1. The van der Waals surface area contributed by atoms with Crippen LogP contribution in [0.4, 0.5) is 5.82 Å². The van der Waals surface area contributed by atoms with E-state index in [9.17, 15) is 9.59 Å². The van der Waals surface area contributed by atoms with Crippen molar-refractivity contribution in [2.45, 2.75) is 13.5 Å². The molecule has 0 aliphatic carbocycles. The van der Waals surface area contributed by atoms with Crippen LogP contribution < -0.4 is 21.2 Å². The minimum atomic E-state index is -0.380. The first kappa shape index (κ1) is 18.5. The van der Waals surface area contributed by atoms with E-state index in [0.717, 1.165) is 5.56 Å². The average Bonchev–Trinajstić information content (AvgIpc) is 2.66. The van der Waals surface area contributed by atoms with Gasteiger partial charge in [0, 0.05) is 25.4 Å². The Hall–Kier alpha value is -3.26. The number of aromatic nitrogens is 3. The molecule has 3 N–H and O–H groups in total.